The van der Waals surface area contributed by atoms with Crippen molar-refractivity contribution in [2.75, 3.05) is 19.8 Å². The molecule has 1 aliphatic heterocycles. The van der Waals surface area contributed by atoms with Gasteiger partial charge >= 0.3 is 0 Å². The molecule has 1 aliphatic rings. The van der Waals surface area contributed by atoms with Gasteiger partial charge in [0.25, 0.3) is 0 Å². The van der Waals surface area contributed by atoms with E-state index in [4.69, 9.17) is 14.2 Å². The van der Waals surface area contributed by atoms with Gasteiger partial charge in [-0.1, -0.05) is 42.5 Å². The molecule has 0 spiro atoms. The van der Waals surface area contributed by atoms with Gasteiger partial charge in [0.05, 0.1) is 25.9 Å². The van der Waals surface area contributed by atoms with Crippen LogP contribution in [0.4, 0.5) is 8.78 Å². The van der Waals surface area contributed by atoms with Crippen LogP contribution >= 0.6 is 0 Å². The van der Waals surface area contributed by atoms with Crippen molar-refractivity contribution < 1.29 is 23.0 Å². The molecule has 0 aromatic heterocycles. The lowest BCUT2D eigenvalue weighted by Gasteiger charge is -2.27. The standard InChI is InChI=1S/C28H28F2O3/c1-3-23-12-5-19(17-32-23)18-33-24-13-10-21(11-14-24)20-6-8-22(9-7-20)25-15-16-26(31-4-2)28(30)27(25)29/h3,6-11,13-16,19,23H,1,4-5,12,17-18H2,2H3. The number of hydrogen-bond acceptors (Lipinski definition) is 3. The van der Waals surface area contributed by atoms with Crippen LogP contribution in [0.5, 0.6) is 11.5 Å². The molecule has 0 N–H and O–H groups in total. The van der Waals surface area contributed by atoms with Crippen molar-refractivity contribution in [2.24, 2.45) is 5.92 Å². The number of ether oxygens (including phenoxy) is 3. The number of rotatable bonds is 8. The van der Waals surface area contributed by atoms with Gasteiger partial charge in [-0.15, -0.1) is 6.58 Å². The number of benzene rings is 3. The Morgan fingerprint density at radius 1 is 0.879 bits per heavy atom. The molecule has 3 aromatic carbocycles. The highest BCUT2D eigenvalue weighted by Gasteiger charge is 2.20. The summed E-state index contributed by atoms with van der Waals surface area (Å²) in [5, 5.41) is 0. The zero-order valence-electron chi connectivity index (χ0n) is 18.7. The van der Waals surface area contributed by atoms with E-state index in [1.54, 1.807) is 25.1 Å². The van der Waals surface area contributed by atoms with Crippen molar-refractivity contribution in [3.05, 3.63) is 85.0 Å². The molecule has 5 heteroatoms. The molecule has 1 saturated heterocycles. The summed E-state index contributed by atoms with van der Waals surface area (Å²) >= 11 is 0. The molecule has 0 bridgehead atoms. The minimum absolute atomic E-state index is 0.0744. The molecule has 2 atom stereocenters. The molecule has 1 fully saturated rings. The zero-order chi connectivity index (χ0) is 23.2. The van der Waals surface area contributed by atoms with Crippen LogP contribution in [0.25, 0.3) is 22.3 Å². The number of halogens is 2. The third kappa shape index (κ3) is 5.42. The van der Waals surface area contributed by atoms with Crippen LogP contribution in [0.1, 0.15) is 19.8 Å². The minimum Gasteiger partial charge on any atom is -0.493 e. The molecule has 172 valence electrons. The maximum Gasteiger partial charge on any atom is 0.201 e. The monoisotopic (exact) mass is 450 g/mol. The molecule has 33 heavy (non-hydrogen) atoms. The fourth-order valence-corrected chi connectivity index (χ4v) is 3.97. The van der Waals surface area contributed by atoms with Crippen LogP contribution in [-0.2, 0) is 4.74 Å². The largest absolute Gasteiger partial charge is 0.493 e. The summed E-state index contributed by atoms with van der Waals surface area (Å²) in [6.07, 6.45) is 4.08. The highest BCUT2D eigenvalue weighted by Crippen LogP contribution is 2.32. The molecule has 1 heterocycles. The van der Waals surface area contributed by atoms with Gasteiger partial charge in [0.15, 0.2) is 11.6 Å². The fourth-order valence-electron chi connectivity index (χ4n) is 3.97. The molecule has 3 nitrogen and oxygen atoms in total. The summed E-state index contributed by atoms with van der Waals surface area (Å²) in [6.45, 7) is 7.11. The first-order chi connectivity index (χ1) is 16.1. The van der Waals surface area contributed by atoms with Crippen LogP contribution in [0, 0.1) is 17.6 Å². The van der Waals surface area contributed by atoms with Crippen molar-refractivity contribution >= 4 is 0 Å². The van der Waals surface area contributed by atoms with E-state index in [1.807, 2.05) is 42.5 Å². The van der Waals surface area contributed by atoms with E-state index in [0.717, 1.165) is 29.7 Å². The van der Waals surface area contributed by atoms with Gasteiger partial charge in [-0.3, -0.25) is 0 Å². The first kappa shape index (κ1) is 23.0. The summed E-state index contributed by atoms with van der Waals surface area (Å²) in [5.74, 6) is -0.739. The topological polar surface area (TPSA) is 27.7 Å². The zero-order valence-corrected chi connectivity index (χ0v) is 18.7. The first-order valence-electron chi connectivity index (χ1n) is 11.3. The summed E-state index contributed by atoms with van der Waals surface area (Å²) in [5.41, 5.74) is 2.80. The predicted molar refractivity (Wildman–Crippen MR) is 127 cm³/mol. The van der Waals surface area contributed by atoms with Gasteiger partial charge in [-0.25, -0.2) is 4.39 Å². The van der Waals surface area contributed by atoms with E-state index in [2.05, 4.69) is 6.58 Å². The summed E-state index contributed by atoms with van der Waals surface area (Å²) in [4.78, 5) is 0. The molecule has 0 saturated carbocycles. The molecule has 4 rings (SSSR count). The van der Waals surface area contributed by atoms with Crippen molar-refractivity contribution in [1.82, 2.24) is 0 Å². The second-order valence-corrected chi connectivity index (χ2v) is 8.14. The van der Waals surface area contributed by atoms with Gasteiger partial charge < -0.3 is 14.2 Å². The molecular formula is C28H28F2O3. The van der Waals surface area contributed by atoms with Gasteiger partial charge in [0, 0.05) is 11.5 Å². The van der Waals surface area contributed by atoms with Gasteiger partial charge in [-0.2, -0.15) is 4.39 Å². The summed E-state index contributed by atoms with van der Waals surface area (Å²) < 4.78 is 45.5. The molecule has 3 aromatic rings. The van der Waals surface area contributed by atoms with Crippen molar-refractivity contribution in [3.63, 3.8) is 0 Å². The molecule has 0 radical (unpaired) electrons. The fraction of sp³-hybridized carbons (Fsp3) is 0.286. The Morgan fingerprint density at radius 2 is 1.55 bits per heavy atom. The van der Waals surface area contributed by atoms with Crippen molar-refractivity contribution in [3.8, 4) is 33.8 Å². The van der Waals surface area contributed by atoms with Crippen LogP contribution in [0.15, 0.2) is 73.3 Å². The van der Waals surface area contributed by atoms with E-state index in [9.17, 15) is 8.78 Å². The highest BCUT2D eigenvalue weighted by atomic mass is 19.2. The maximum absolute atomic E-state index is 14.5. The second kappa shape index (κ2) is 10.6. The van der Waals surface area contributed by atoms with Crippen molar-refractivity contribution in [1.29, 1.82) is 0 Å². The molecule has 0 amide bonds. The van der Waals surface area contributed by atoms with E-state index in [0.29, 0.717) is 24.7 Å². The summed E-state index contributed by atoms with van der Waals surface area (Å²) in [6, 6.07) is 18.2. The Hall–Kier alpha value is -3.18. The highest BCUT2D eigenvalue weighted by molar-refractivity contribution is 5.71. The lowest BCUT2D eigenvalue weighted by atomic mass is 9.99. The van der Waals surface area contributed by atoms with E-state index >= 15 is 0 Å². The quantitative estimate of drug-likeness (QED) is 0.344. The van der Waals surface area contributed by atoms with Gasteiger partial charge in [-0.05, 0) is 60.7 Å². The Morgan fingerprint density at radius 3 is 2.15 bits per heavy atom. The van der Waals surface area contributed by atoms with Crippen LogP contribution in [0.2, 0.25) is 0 Å². The maximum atomic E-state index is 14.5. The van der Waals surface area contributed by atoms with E-state index < -0.39 is 11.6 Å². The first-order valence-corrected chi connectivity index (χ1v) is 11.3. The Labute approximate surface area is 193 Å². The third-order valence-electron chi connectivity index (χ3n) is 5.88. The molecule has 0 aliphatic carbocycles. The Bertz CT molecular complexity index is 1070. The van der Waals surface area contributed by atoms with Crippen molar-refractivity contribution in [2.45, 2.75) is 25.9 Å². The van der Waals surface area contributed by atoms with Crippen LogP contribution < -0.4 is 9.47 Å². The number of hydrogen-bond donors (Lipinski definition) is 0. The SMILES string of the molecule is C=CC1CCC(COc2ccc(-c3ccc(-c4ccc(OCC)c(F)c4F)cc3)cc2)CO1. The second-order valence-electron chi connectivity index (χ2n) is 8.14. The Kier molecular flexibility index (Phi) is 7.40. The summed E-state index contributed by atoms with van der Waals surface area (Å²) in [7, 11) is 0. The normalized spacial score (nSPS) is 18.0. The van der Waals surface area contributed by atoms with E-state index in [1.165, 1.54) is 6.07 Å². The lowest BCUT2D eigenvalue weighted by Crippen LogP contribution is -2.28. The predicted octanol–water partition coefficient (Wildman–Crippen LogP) is 7.06. The average molecular weight is 451 g/mol. The third-order valence-corrected chi connectivity index (χ3v) is 5.88. The van der Waals surface area contributed by atoms with E-state index in [-0.39, 0.29) is 24.0 Å². The molecular weight excluding hydrogens is 422 g/mol. The molecule has 2 unspecified atom stereocenters. The van der Waals surface area contributed by atoms with Gasteiger partial charge in [0.1, 0.15) is 5.75 Å². The van der Waals surface area contributed by atoms with Crippen LogP contribution in [-0.4, -0.2) is 25.9 Å². The van der Waals surface area contributed by atoms with Crippen LogP contribution in [0.3, 0.4) is 0 Å². The van der Waals surface area contributed by atoms with Gasteiger partial charge in [0.2, 0.25) is 5.82 Å². The average Bonchev–Trinajstić information content (AvgIpc) is 2.87. The minimum atomic E-state index is -0.964. The smallest absolute Gasteiger partial charge is 0.201 e. The Balaban J connectivity index is 1.39. The lowest BCUT2D eigenvalue weighted by molar-refractivity contribution is -0.00283.